The van der Waals surface area contributed by atoms with Crippen molar-refractivity contribution >= 4 is 27.3 Å². The Morgan fingerprint density at radius 1 is 1.47 bits per heavy atom. The molecule has 19 heavy (non-hydrogen) atoms. The number of nitrogen functional groups attached to an aromatic ring is 1. The summed E-state index contributed by atoms with van der Waals surface area (Å²) in [4.78, 5) is 0.155. The molecule has 2 rings (SSSR count). The highest BCUT2D eigenvalue weighted by Gasteiger charge is 2.35. The lowest BCUT2D eigenvalue weighted by molar-refractivity contribution is 0.178. The highest BCUT2D eigenvalue weighted by molar-refractivity contribution is 7.89. The van der Waals surface area contributed by atoms with Crippen LogP contribution in [0.25, 0.3) is 0 Å². The van der Waals surface area contributed by atoms with Crippen LogP contribution in [0.5, 0.6) is 0 Å². The van der Waals surface area contributed by atoms with E-state index in [9.17, 15) is 8.42 Å². The summed E-state index contributed by atoms with van der Waals surface area (Å²) in [6.07, 6.45) is 0.647. The first-order valence-electron chi connectivity index (χ1n) is 5.91. The molecule has 1 aliphatic rings. The molecule has 1 saturated heterocycles. The molecule has 1 atom stereocenters. The molecule has 0 spiro atoms. The molecule has 1 aromatic rings. The molecule has 0 aliphatic carbocycles. The summed E-state index contributed by atoms with van der Waals surface area (Å²) in [5.74, 6) is 0. The standard InChI is InChI=1S/C12H17ClN2O3S/c1-8-5-9(13)10(14)6-11(8)19(16,17)15-12(2)3-4-18-7-12/h5-6,15H,3-4,7,14H2,1-2H3. The Bertz CT molecular complexity index is 595. The van der Waals surface area contributed by atoms with Crippen LogP contribution >= 0.6 is 11.6 Å². The Morgan fingerprint density at radius 3 is 2.74 bits per heavy atom. The van der Waals surface area contributed by atoms with Gasteiger partial charge >= 0.3 is 0 Å². The van der Waals surface area contributed by atoms with Gasteiger partial charge in [0.05, 0.1) is 27.8 Å². The lowest BCUT2D eigenvalue weighted by Crippen LogP contribution is -2.46. The van der Waals surface area contributed by atoms with E-state index in [4.69, 9.17) is 22.1 Å². The Balaban J connectivity index is 2.37. The second-order valence-corrected chi connectivity index (χ2v) is 7.17. The van der Waals surface area contributed by atoms with Gasteiger partial charge in [0.15, 0.2) is 0 Å². The van der Waals surface area contributed by atoms with Crippen molar-refractivity contribution in [3.63, 3.8) is 0 Å². The molecule has 1 aromatic carbocycles. The van der Waals surface area contributed by atoms with E-state index in [1.807, 2.05) is 6.92 Å². The summed E-state index contributed by atoms with van der Waals surface area (Å²) in [5, 5.41) is 0.354. The Kier molecular flexibility index (Phi) is 3.79. The largest absolute Gasteiger partial charge is 0.397 e. The molecule has 0 saturated carbocycles. The van der Waals surface area contributed by atoms with Crippen LogP contribution in [0.15, 0.2) is 17.0 Å². The fourth-order valence-electron chi connectivity index (χ4n) is 2.08. The van der Waals surface area contributed by atoms with Crippen molar-refractivity contribution in [2.24, 2.45) is 0 Å². The predicted molar refractivity (Wildman–Crippen MR) is 74.8 cm³/mol. The van der Waals surface area contributed by atoms with Gasteiger partial charge in [-0.05, 0) is 38.0 Å². The van der Waals surface area contributed by atoms with Gasteiger partial charge in [0.1, 0.15) is 0 Å². The number of hydrogen-bond acceptors (Lipinski definition) is 4. The van der Waals surface area contributed by atoms with Crippen LogP contribution in [0.4, 0.5) is 5.69 Å². The molecular formula is C12H17ClN2O3S. The predicted octanol–water partition coefficient (Wildman–Crippen LogP) is 1.69. The van der Waals surface area contributed by atoms with E-state index in [0.717, 1.165) is 0 Å². The van der Waals surface area contributed by atoms with E-state index >= 15 is 0 Å². The van der Waals surface area contributed by atoms with Crippen LogP contribution in [0, 0.1) is 6.92 Å². The van der Waals surface area contributed by atoms with Gasteiger partial charge in [0.2, 0.25) is 10.0 Å². The minimum atomic E-state index is -3.64. The van der Waals surface area contributed by atoms with Gasteiger partial charge in [-0.3, -0.25) is 0 Å². The summed E-state index contributed by atoms with van der Waals surface area (Å²) in [5.41, 5.74) is 5.92. The second-order valence-electron chi connectivity index (χ2n) is 5.11. The van der Waals surface area contributed by atoms with Crippen LogP contribution < -0.4 is 10.5 Å². The van der Waals surface area contributed by atoms with Crippen LogP contribution in [0.1, 0.15) is 18.9 Å². The minimum absolute atomic E-state index is 0.155. The van der Waals surface area contributed by atoms with Crippen LogP contribution in [-0.2, 0) is 14.8 Å². The van der Waals surface area contributed by atoms with Gasteiger partial charge in [0.25, 0.3) is 0 Å². The molecule has 5 nitrogen and oxygen atoms in total. The van der Waals surface area contributed by atoms with Crippen molar-refractivity contribution in [3.8, 4) is 0 Å². The number of sulfonamides is 1. The minimum Gasteiger partial charge on any atom is -0.397 e. The second kappa shape index (κ2) is 4.94. The average Bonchev–Trinajstić information content (AvgIpc) is 2.68. The zero-order valence-electron chi connectivity index (χ0n) is 10.9. The number of rotatable bonds is 3. The van der Waals surface area contributed by atoms with E-state index in [0.29, 0.717) is 30.2 Å². The summed E-state index contributed by atoms with van der Waals surface area (Å²) < 4.78 is 32.8. The first-order chi connectivity index (χ1) is 8.73. The molecule has 1 unspecified atom stereocenters. The third-order valence-corrected chi connectivity index (χ3v) is 5.29. The summed E-state index contributed by atoms with van der Waals surface area (Å²) >= 11 is 5.87. The van der Waals surface area contributed by atoms with E-state index in [1.165, 1.54) is 6.07 Å². The number of anilines is 1. The maximum atomic E-state index is 12.4. The summed E-state index contributed by atoms with van der Waals surface area (Å²) in [7, 11) is -3.64. The number of nitrogens with two attached hydrogens (primary N) is 1. The topological polar surface area (TPSA) is 81.4 Å². The van der Waals surface area contributed by atoms with E-state index < -0.39 is 15.6 Å². The number of hydrogen-bond donors (Lipinski definition) is 2. The number of ether oxygens (including phenoxy) is 1. The maximum Gasteiger partial charge on any atom is 0.241 e. The molecule has 1 fully saturated rings. The van der Waals surface area contributed by atoms with Gasteiger partial charge in [-0.25, -0.2) is 13.1 Å². The van der Waals surface area contributed by atoms with E-state index in [-0.39, 0.29) is 10.6 Å². The van der Waals surface area contributed by atoms with Crippen molar-refractivity contribution in [1.29, 1.82) is 0 Å². The average molecular weight is 305 g/mol. The molecule has 0 aromatic heterocycles. The third-order valence-electron chi connectivity index (χ3n) is 3.18. The zero-order valence-corrected chi connectivity index (χ0v) is 12.4. The highest BCUT2D eigenvalue weighted by Crippen LogP contribution is 2.28. The van der Waals surface area contributed by atoms with Gasteiger partial charge in [-0.1, -0.05) is 11.6 Å². The summed E-state index contributed by atoms with van der Waals surface area (Å²) in [6, 6.07) is 2.94. The van der Waals surface area contributed by atoms with Crippen molar-refractivity contribution in [2.75, 3.05) is 18.9 Å². The number of aryl methyl sites for hydroxylation is 1. The SMILES string of the molecule is Cc1cc(Cl)c(N)cc1S(=O)(=O)NC1(C)CCOC1. The van der Waals surface area contributed by atoms with Crippen molar-refractivity contribution in [1.82, 2.24) is 4.72 Å². The highest BCUT2D eigenvalue weighted by atomic mass is 35.5. The van der Waals surface area contributed by atoms with Crippen LogP contribution in [0.3, 0.4) is 0 Å². The monoisotopic (exact) mass is 304 g/mol. The fourth-order valence-corrected chi connectivity index (χ4v) is 3.99. The molecule has 1 heterocycles. The Labute approximate surface area is 118 Å². The van der Waals surface area contributed by atoms with Crippen molar-refractivity contribution < 1.29 is 13.2 Å². The lowest BCUT2D eigenvalue weighted by atomic mass is 10.0. The molecule has 3 N–H and O–H groups in total. The zero-order chi connectivity index (χ0) is 14.3. The van der Waals surface area contributed by atoms with Gasteiger partial charge in [-0.2, -0.15) is 0 Å². The Morgan fingerprint density at radius 2 is 2.16 bits per heavy atom. The van der Waals surface area contributed by atoms with Crippen molar-refractivity contribution in [2.45, 2.75) is 30.7 Å². The quantitative estimate of drug-likeness (QED) is 0.833. The number of nitrogens with one attached hydrogen (secondary N) is 1. The van der Waals surface area contributed by atoms with E-state index in [2.05, 4.69) is 4.72 Å². The molecule has 7 heteroatoms. The summed E-state index contributed by atoms with van der Waals surface area (Å²) in [6.45, 7) is 4.44. The number of benzene rings is 1. The first kappa shape index (κ1) is 14.6. The third kappa shape index (κ3) is 3.02. The van der Waals surface area contributed by atoms with E-state index in [1.54, 1.807) is 13.0 Å². The first-order valence-corrected chi connectivity index (χ1v) is 7.77. The normalized spacial score (nSPS) is 23.7. The molecule has 0 bridgehead atoms. The van der Waals surface area contributed by atoms with Gasteiger partial charge in [-0.15, -0.1) is 0 Å². The lowest BCUT2D eigenvalue weighted by Gasteiger charge is -2.24. The van der Waals surface area contributed by atoms with Gasteiger partial charge < -0.3 is 10.5 Å². The molecule has 0 radical (unpaired) electrons. The molecule has 0 amide bonds. The molecule has 1 aliphatic heterocycles. The molecule has 106 valence electrons. The molecular weight excluding hydrogens is 288 g/mol. The van der Waals surface area contributed by atoms with Gasteiger partial charge in [0, 0.05) is 6.61 Å². The Hall–Kier alpha value is -0.820. The smallest absolute Gasteiger partial charge is 0.241 e. The van der Waals surface area contributed by atoms with Crippen LogP contribution in [-0.4, -0.2) is 27.2 Å². The fraction of sp³-hybridized carbons (Fsp3) is 0.500. The maximum absolute atomic E-state index is 12.4. The van der Waals surface area contributed by atoms with Crippen molar-refractivity contribution in [3.05, 3.63) is 22.7 Å². The number of halogens is 1. The van der Waals surface area contributed by atoms with Crippen LogP contribution in [0.2, 0.25) is 5.02 Å².